The number of hydrogen-bond donors (Lipinski definition) is 0. The van der Waals surface area contributed by atoms with Gasteiger partial charge in [0, 0.05) is 39.0 Å². The van der Waals surface area contributed by atoms with Gasteiger partial charge in [-0.25, -0.2) is 0 Å². The topological polar surface area (TPSA) is 0 Å². The Labute approximate surface area is 156 Å². The van der Waals surface area contributed by atoms with E-state index in [1.807, 2.05) is 45.3 Å². The minimum absolute atomic E-state index is 1.30. The van der Waals surface area contributed by atoms with E-state index in [0.717, 1.165) is 0 Å². The first kappa shape index (κ1) is 14.6. The zero-order valence-corrected chi connectivity index (χ0v) is 15.8. The molecule has 0 spiro atoms. The summed E-state index contributed by atoms with van der Waals surface area (Å²) < 4.78 is 0. The summed E-state index contributed by atoms with van der Waals surface area (Å²) in [4.78, 5) is 10.6. The second-order valence-electron chi connectivity index (χ2n) is 5.47. The summed E-state index contributed by atoms with van der Waals surface area (Å²) in [7, 11) is 0. The molecule has 1 aliphatic heterocycles. The Hall–Kier alpha value is -1.72. The van der Waals surface area contributed by atoms with Gasteiger partial charge < -0.3 is 0 Å². The van der Waals surface area contributed by atoms with Crippen molar-refractivity contribution in [1.29, 1.82) is 0 Å². The van der Waals surface area contributed by atoms with Gasteiger partial charge in [-0.1, -0.05) is 0 Å². The van der Waals surface area contributed by atoms with E-state index >= 15 is 0 Å². The normalized spacial score (nSPS) is 15.3. The molecule has 0 fully saturated rings. The molecule has 1 aliphatic rings. The van der Waals surface area contributed by atoms with Crippen molar-refractivity contribution in [3.8, 4) is 19.5 Å². The van der Waals surface area contributed by atoms with Gasteiger partial charge in [0.25, 0.3) is 0 Å². The molecule has 0 aromatic carbocycles. The molecule has 0 amide bonds. The van der Waals surface area contributed by atoms with E-state index in [1.165, 1.54) is 39.0 Å². The van der Waals surface area contributed by atoms with Gasteiger partial charge in [-0.2, -0.15) is 0 Å². The lowest BCUT2D eigenvalue weighted by Crippen LogP contribution is -1.59. The van der Waals surface area contributed by atoms with Crippen LogP contribution in [0.25, 0.3) is 43.8 Å². The molecule has 24 heavy (non-hydrogen) atoms. The van der Waals surface area contributed by atoms with Gasteiger partial charge in [0.05, 0.1) is 0 Å². The van der Waals surface area contributed by atoms with Crippen LogP contribution in [0.3, 0.4) is 0 Å². The lowest BCUT2D eigenvalue weighted by Gasteiger charge is -1.91. The van der Waals surface area contributed by atoms with Crippen LogP contribution in [0.1, 0.15) is 19.5 Å². The van der Waals surface area contributed by atoms with E-state index in [0.29, 0.717) is 0 Å². The molecule has 5 rings (SSSR count). The average molecular weight is 381 g/mol. The van der Waals surface area contributed by atoms with Crippen molar-refractivity contribution in [3.05, 3.63) is 68.0 Å². The molecule has 0 atom stereocenters. The van der Waals surface area contributed by atoms with Gasteiger partial charge in [0.15, 0.2) is 0 Å². The fraction of sp³-hybridized carbons (Fsp3) is 0. The molecule has 0 nitrogen and oxygen atoms in total. The maximum absolute atomic E-state index is 2.23. The Balaban J connectivity index is 1.66. The number of rotatable bonds is 0. The Bertz CT molecular complexity index is 894. The third-order valence-electron chi connectivity index (χ3n) is 3.82. The second-order valence-corrected chi connectivity index (χ2v) is 9.94. The molecule has 0 radical (unpaired) electrons. The van der Waals surface area contributed by atoms with Gasteiger partial charge >= 0.3 is 0 Å². The molecule has 8 bridgehead atoms. The van der Waals surface area contributed by atoms with Crippen molar-refractivity contribution in [2.45, 2.75) is 0 Å². The summed E-state index contributed by atoms with van der Waals surface area (Å²) in [6.07, 6.45) is 8.90. The van der Waals surface area contributed by atoms with Crippen LogP contribution in [0.15, 0.2) is 48.5 Å². The van der Waals surface area contributed by atoms with Crippen molar-refractivity contribution in [3.63, 3.8) is 0 Å². The van der Waals surface area contributed by atoms with Crippen molar-refractivity contribution in [2.24, 2.45) is 0 Å². The van der Waals surface area contributed by atoms with Gasteiger partial charge in [-0.3, -0.25) is 0 Å². The van der Waals surface area contributed by atoms with Crippen molar-refractivity contribution in [1.82, 2.24) is 0 Å². The molecule has 4 heteroatoms. The minimum atomic E-state index is 1.30. The molecule has 0 aliphatic carbocycles. The highest BCUT2D eigenvalue weighted by molar-refractivity contribution is 7.24. The maximum atomic E-state index is 2.23. The first-order chi connectivity index (χ1) is 11.8. The van der Waals surface area contributed by atoms with Crippen LogP contribution < -0.4 is 0 Å². The van der Waals surface area contributed by atoms with Crippen molar-refractivity contribution < 1.29 is 0 Å². The van der Waals surface area contributed by atoms with Crippen LogP contribution in [-0.2, 0) is 0 Å². The minimum Gasteiger partial charge on any atom is -0.135 e. The highest BCUT2D eigenvalue weighted by Crippen LogP contribution is 2.38. The van der Waals surface area contributed by atoms with Crippen LogP contribution in [-0.4, -0.2) is 0 Å². The van der Waals surface area contributed by atoms with Gasteiger partial charge in [-0.05, 0) is 72.8 Å². The zero-order chi connectivity index (χ0) is 15.9. The third kappa shape index (κ3) is 2.76. The maximum Gasteiger partial charge on any atom is 0.0449 e. The van der Waals surface area contributed by atoms with E-state index in [1.54, 1.807) is 0 Å². The summed E-state index contributed by atoms with van der Waals surface area (Å²) in [5.41, 5.74) is 0. The fourth-order valence-corrected chi connectivity index (χ4v) is 6.45. The number of hydrogen-bond acceptors (Lipinski definition) is 4. The highest BCUT2D eigenvalue weighted by atomic mass is 32.1. The van der Waals surface area contributed by atoms with Gasteiger partial charge in [0.2, 0.25) is 0 Å². The molecule has 4 aromatic heterocycles. The second kappa shape index (κ2) is 5.97. The molecule has 0 saturated carbocycles. The van der Waals surface area contributed by atoms with E-state index < -0.39 is 0 Å². The van der Waals surface area contributed by atoms with Crippen molar-refractivity contribution >= 4 is 69.7 Å². The Morgan fingerprint density at radius 1 is 0.333 bits per heavy atom. The summed E-state index contributed by atoms with van der Waals surface area (Å²) >= 11 is 7.42. The van der Waals surface area contributed by atoms with Crippen LogP contribution in [0, 0.1) is 0 Å². The van der Waals surface area contributed by atoms with Crippen LogP contribution in [0.4, 0.5) is 0 Å². The number of thiophene rings is 4. The molecule has 0 unspecified atom stereocenters. The lowest BCUT2D eigenvalue weighted by atomic mass is 10.3. The van der Waals surface area contributed by atoms with Crippen LogP contribution in [0.5, 0.6) is 0 Å². The molecule has 0 saturated heterocycles. The van der Waals surface area contributed by atoms with Crippen LogP contribution in [0.2, 0.25) is 0 Å². The van der Waals surface area contributed by atoms with Gasteiger partial charge in [0.1, 0.15) is 0 Å². The fourth-order valence-electron chi connectivity index (χ4n) is 2.63. The molecule has 116 valence electrons. The first-order valence-corrected chi connectivity index (χ1v) is 10.9. The Morgan fingerprint density at radius 3 is 0.833 bits per heavy atom. The standard InChI is InChI=1S/C20H12S4/c1-2-14-6-10-19(22-14)20-12-8-16(24-20)4-3-15-7-11-18(23-15)17-9-5-13(1)21-17/h1-12H/b2-1-,4-3-,13-1?,14-2?,15-3?,16-4?,18-17?,20-19?. The number of fused-ring (bicyclic) bond motifs is 10. The lowest BCUT2D eigenvalue weighted by molar-refractivity contribution is 1.89. The molecular weight excluding hydrogens is 368 g/mol. The molecule has 0 N–H and O–H groups in total. The monoisotopic (exact) mass is 380 g/mol. The van der Waals surface area contributed by atoms with Crippen LogP contribution >= 0.6 is 45.3 Å². The third-order valence-corrected chi connectivity index (χ3v) is 8.41. The summed E-state index contributed by atoms with van der Waals surface area (Å²) in [6, 6.07) is 17.8. The molecule has 4 aromatic rings. The SMILES string of the molecule is C1=C\c2ccc(s2)-c2ccc(s2)/C=C\c2ccc(s2)-c2ccc/1s2. The summed E-state index contributed by atoms with van der Waals surface area (Å²) in [6.45, 7) is 0. The first-order valence-electron chi connectivity index (χ1n) is 7.60. The largest absolute Gasteiger partial charge is 0.135 e. The smallest absolute Gasteiger partial charge is 0.0449 e. The predicted octanol–water partition coefficient (Wildman–Crippen LogP) is 7.92. The average Bonchev–Trinajstić information content (AvgIpc) is 3.37. The quantitative estimate of drug-likeness (QED) is 0.256. The molecular formula is C20H12S4. The highest BCUT2D eigenvalue weighted by Gasteiger charge is 2.07. The predicted molar refractivity (Wildman–Crippen MR) is 113 cm³/mol. The van der Waals surface area contributed by atoms with Gasteiger partial charge in [-0.15, -0.1) is 45.3 Å². The zero-order valence-electron chi connectivity index (χ0n) is 12.6. The molecule has 5 heterocycles. The van der Waals surface area contributed by atoms with E-state index in [2.05, 4.69) is 72.8 Å². The summed E-state index contributed by atoms with van der Waals surface area (Å²) in [5, 5.41) is 0. The summed E-state index contributed by atoms with van der Waals surface area (Å²) in [5.74, 6) is 0. The van der Waals surface area contributed by atoms with E-state index in [4.69, 9.17) is 0 Å². The Morgan fingerprint density at radius 2 is 0.583 bits per heavy atom. The van der Waals surface area contributed by atoms with Crippen molar-refractivity contribution in [2.75, 3.05) is 0 Å². The van der Waals surface area contributed by atoms with E-state index in [-0.39, 0.29) is 0 Å². The van der Waals surface area contributed by atoms with E-state index in [9.17, 15) is 0 Å². The Kier molecular flexibility index (Phi) is 3.64.